The van der Waals surface area contributed by atoms with E-state index in [1.165, 1.54) is 7.11 Å². The van der Waals surface area contributed by atoms with Gasteiger partial charge in [-0.1, -0.05) is 0 Å². The molecule has 1 heterocycles. The lowest BCUT2D eigenvalue weighted by Crippen LogP contribution is -2.27. The number of methoxy groups -OCH3 is 1. The summed E-state index contributed by atoms with van der Waals surface area (Å²) in [6.45, 7) is 1.58. The molecule has 5 heteroatoms. The molecule has 0 fully saturated rings. The molecule has 0 aliphatic rings. The molecule has 72 valence electrons. The SMILES string of the molecule is COC(=O)C(C)N.c1ccnnc1. The number of esters is 1. The Labute approximate surface area is 76.9 Å². The second-order valence-electron chi connectivity index (χ2n) is 2.23. The quantitative estimate of drug-likeness (QED) is 0.619. The molecule has 0 radical (unpaired) electrons. The van der Waals surface area contributed by atoms with Crippen molar-refractivity contribution in [2.24, 2.45) is 5.73 Å². The second kappa shape index (κ2) is 7.17. The topological polar surface area (TPSA) is 78.1 Å². The average Bonchev–Trinajstić information content (AvgIpc) is 2.20. The Morgan fingerprint density at radius 3 is 1.92 bits per heavy atom. The number of ether oxygens (including phenoxy) is 1. The van der Waals surface area contributed by atoms with E-state index in [0.717, 1.165) is 0 Å². The fourth-order valence-electron chi connectivity index (χ4n) is 0.439. The number of nitrogens with zero attached hydrogens (tertiary/aromatic N) is 2. The maximum absolute atomic E-state index is 10.2. The lowest BCUT2D eigenvalue weighted by atomic mass is 10.4. The van der Waals surface area contributed by atoms with Gasteiger partial charge in [0, 0.05) is 12.4 Å². The number of nitrogens with two attached hydrogens (primary N) is 1. The molecule has 13 heavy (non-hydrogen) atoms. The number of carbonyl (C=O) groups excluding carboxylic acids is 1. The molecule has 0 amide bonds. The predicted octanol–water partition coefficient (Wildman–Crippen LogP) is -0.0168. The van der Waals surface area contributed by atoms with Gasteiger partial charge in [-0.25, -0.2) is 0 Å². The van der Waals surface area contributed by atoms with Crippen LogP contribution in [-0.2, 0) is 9.53 Å². The Bertz CT molecular complexity index is 199. The zero-order valence-corrected chi connectivity index (χ0v) is 7.68. The van der Waals surface area contributed by atoms with Crippen molar-refractivity contribution in [2.45, 2.75) is 13.0 Å². The summed E-state index contributed by atoms with van der Waals surface area (Å²) in [4.78, 5) is 10.2. The summed E-state index contributed by atoms with van der Waals surface area (Å²) in [6.07, 6.45) is 3.28. The third-order valence-corrected chi connectivity index (χ3v) is 1.06. The van der Waals surface area contributed by atoms with Crippen LogP contribution in [0.15, 0.2) is 24.5 Å². The van der Waals surface area contributed by atoms with Gasteiger partial charge < -0.3 is 10.5 Å². The molecular formula is C8H13N3O2. The van der Waals surface area contributed by atoms with Crippen molar-refractivity contribution in [2.75, 3.05) is 7.11 Å². The van der Waals surface area contributed by atoms with Crippen LogP contribution in [0.5, 0.6) is 0 Å². The summed E-state index contributed by atoms with van der Waals surface area (Å²) >= 11 is 0. The third-order valence-electron chi connectivity index (χ3n) is 1.06. The first-order chi connectivity index (χ1) is 6.18. The molecule has 0 aliphatic heterocycles. The molecule has 1 unspecified atom stereocenters. The van der Waals surface area contributed by atoms with Gasteiger partial charge in [-0.3, -0.25) is 4.79 Å². The van der Waals surface area contributed by atoms with Gasteiger partial charge in [0.05, 0.1) is 7.11 Å². The third kappa shape index (κ3) is 6.89. The molecule has 2 N–H and O–H groups in total. The van der Waals surface area contributed by atoms with Crippen molar-refractivity contribution >= 4 is 5.97 Å². The molecule has 1 atom stereocenters. The van der Waals surface area contributed by atoms with Crippen molar-refractivity contribution in [1.29, 1.82) is 0 Å². The van der Waals surface area contributed by atoms with Crippen molar-refractivity contribution in [1.82, 2.24) is 10.2 Å². The van der Waals surface area contributed by atoms with Gasteiger partial charge in [0.15, 0.2) is 0 Å². The molecule has 0 saturated heterocycles. The first-order valence-electron chi connectivity index (χ1n) is 3.73. The van der Waals surface area contributed by atoms with E-state index in [-0.39, 0.29) is 5.97 Å². The molecule has 1 rings (SSSR count). The van der Waals surface area contributed by atoms with E-state index in [1.807, 2.05) is 12.1 Å². The normalized spacial score (nSPS) is 10.7. The molecule has 0 bridgehead atoms. The number of hydrogen-bond donors (Lipinski definition) is 1. The van der Waals surface area contributed by atoms with Crippen LogP contribution in [0, 0.1) is 0 Å². The minimum absolute atomic E-state index is 0.375. The van der Waals surface area contributed by atoms with Crippen LogP contribution >= 0.6 is 0 Å². The summed E-state index contributed by atoms with van der Waals surface area (Å²) in [6, 6.07) is 3.16. The number of hydrogen-bond acceptors (Lipinski definition) is 5. The summed E-state index contributed by atoms with van der Waals surface area (Å²) in [5, 5.41) is 7.07. The highest BCUT2D eigenvalue weighted by Crippen LogP contribution is 1.76. The second-order valence-corrected chi connectivity index (χ2v) is 2.23. The minimum atomic E-state index is -0.495. The van der Waals surface area contributed by atoms with Gasteiger partial charge in [-0.2, -0.15) is 10.2 Å². The van der Waals surface area contributed by atoms with Crippen LogP contribution in [0.2, 0.25) is 0 Å². The highest BCUT2D eigenvalue weighted by Gasteiger charge is 2.03. The summed E-state index contributed by atoms with van der Waals surface area (Å²) < 4.78 is 4.25. The highest BCUT2D eigenvalue weighted by atomic mass is 16.5. The standard InChI is InChI=1S/C4H4N2.C4H9NO2/c1-2-4-6-5-3-1;1-3(5)4(6)7-2/h1-4H;3H,5H2,1-2H3. The maximum Gasteiger partial charge on any atom is 0.322 e. The van der Waals surface area contributed by atoms with E-state index >= 15 is 0 Å². The average molecular weight is 183 g/mol. The lowest BCUT2D eigenvalue weighted by molar-refractivity contribution is -0.141. The molecule has 5 nitrogen and oxygen atoms in total. The van der Waals surface area contributed by atoms with Gasteiger partial charge in [0.1, 0.15) is 6.04 Å². The molecule has 0 aromatic carbocycles. The van der Waals surface area contributed by atoms with Gasteiger partial charge in [-0.15, -0.1) is 0 Å². The van der Waals surface area contributed by atoms with E-state index in [4.69, 9.17) is 5.73 Å². The Hall–Kier alpha value is -1.49. The zero-order valence-electron chi connectivity index (χ0n) is 7.68. The predicted molar refractivity (Wildman–Crippen MR) is 47.7 cm³/mol. The summed E-state index contributed by atoms with van der Waals surface area (Å²) in [5.41, 5.74) is 5.07. The molecule has 0 aliphatic carbocycles. The summed E-state index contributed by atoms with van der Waals surface area (Å²) in [5.74, 6) is -0.375. The fraction of sp³-hybridized carbons (Fsp3) is 0.375. The van der Waals surface area contributed by atoms with E-state index in [2.05, 4.69) is 14.9 Å². The zero-order chi connectivity index (χ0) is 10.1. The monoisotopic (exact) mass is 183 g/mol. The van der Waals surface area contributed by atoms with Crippen molar-refractivity contribution in [3.05, 3.63) is 24.5 Å². The molecule has 0 saturated carbocycles. The number of rotatable bonds is 1. The Morgan fingerprint density at radius 1 is 1.38 bits per heavy atom. The van der Waals surface area contributed by atoms with Crippen LogP contribution in [0.3, 0.4) is 0 Å². The van der Waals surface area contributed by atoms with Crippen molar-refractivity contribution in [3.8, 4) is 0 Å². The smallest absolute Gasteiger partial charge is 0.322 e. The van der Waals surface area contributed by atoms with Crippen LogP contribution in [0.1, 0.15) is 6.92 Å². The van der Waals surface area contributed by atoms with Crippen molar-refractivity contribution < 1.29 is 9.53 Å². The first-order valence-corrected chi connectivity index (χ1v) is 3.73. The Balaban J connectivity index is 0.000000223. The van der Waals surface area contributed by atoms with Gasteiger partial charge in [0.2, 0.25) is 0 Å². The minimum Gasteiger partial charge on any atom is -0.468 e. The summed E-state index contributed by atoms with van der Waals surface area (Å²) in [7, 11) is 1.31. The van der Waals surface area contributed by atoms with Crippen LogP contribution in [-0.4, -0.2) is 29.3 Å². The maximum atomic E-state index is 10.2. The molecule has 1 aromatic heterocycles. The first kappa shape index (κ1) is 11.5. The van der Waals surface area contributed by atoms with Gasteiger partial charge in [0.25, 0.3) is 0 Å². The molecule has 0 spiro atoms. The Kier molecular flexibility index (Phi) is 6.35. The Morgan fingerprint density at radius 2 is 1.85 bits per heavy atom. The highest BCUT2D eigenvalue weighted by molar-refractivity contribution is 5.74. The lowest BCUT2D eigenvalue weighted by Gasteiger charge is -1.98. The van der Waals surface area contributed by atoms with E-state index in [1.54, 1.807) is 19.3 Å². The van der Waals surface area contributed by atoms with E-state index in [0.29, 0.717) is 0 Å². The van der Waals surface area contributed by atoms with Crippen molar-refractivity contribution in [3.63, 3.8) is 0 Å². The molecular weight excluding hydrogens is 170 g/mol. The fourth-order valence-corrected chi connectivity index (χ4v) is 0.439. The van der Waals surface area contributed by atoms with E-state index in [9.17, 15) is 4.79 Å². The van der Waals surface area contributed by atoms with Crippen LogP contribution < -0.4 is 5.73 Å². The van der Waals surface area contributed by atoms with Crippen LogP contribution in [0.25, 0.3) is 0 Å². The van der Waals surface area contributed by atoms with Gasteiger partial charge in [-0.05, 0) is 19.1 Å². The largest absolute Gasteiger partial charge is 0.468 e. The van der Waals surface area contributed by atoms with Gasteiger partial charge >= 0.3 is 5.97 Å². The number of carbonyl (C=O) groups is 1. The van der Waals surface area contributed by atoms with E-state index < -0.39 is 6.04 Å². The van der Waals surface area contributed by atoms with Crippen LogP contribution in [0.4, 0.5) is 0 Å². The number of aromatic nitrogens is 2. The molecule has 1 aromatic rings.